The highest BCUT2D eigenvalue weighted by Crippen LogP contribution is 2.52. The van der Waals surface area contributed by atoms with Crippen LogP contribution in [0.15, 0.2) is 30.4 Å². The molecule has 1 unspecified atom stereocenters. The molecule has 8 atom stereocenters. The number of carbonyl (C=O) groups excluding carboxylic acids is 4. The van der Waals surface area contributed by atoms with E-state index in [2.05, 4.69) is 15.6 Å². The molecule has 3 amide bonds. The van der Waals surface area contributed by atoms with Gasteiger partial charge in [0.05, 0.1) is 20.3 Å². The van der Waals surface area contributed by atoms with Gasteiger partial charge in [0, 0.05) is 38.0 Å². The van der Waals surface area contributed by atoms with Crippen molar-refractivity contribution in [1.82, 2.24) is 20.5 Å². The number of pyridine rings is 1. The van der Waals surface area contributed by atoms with Crippen molar-refractivity contribution in [3.05, 3.63) is 35.4 Å². The molecule has 3 heterocycles. The van der Waals surface area contributed by atoms with Crippen molar-refractivity contribution in [2.75, 3.05) is 41.1 Å². The largest absolute Gasteiger partial charge is 0.488 e. The standard InChI is InChI=1S/C41H53ClN4O11/c1-5-54-33-19-32(28-13-14-31(35(42)36(28)44-33)55-22-34(51-2)52-3)56-27-18-30-37(47)45-41(39(49)53-4)20-25(41)11-9-7-6-8-10-12-29(38(48)46(30)21-27)43-40(50)57-26-16-23-15-24(23)17-26/h9,11,13-14,19,23-27,29-30,34H,5-8,10,12,15-18,20-22H2,1-4H3,(H,43,50)(H,45,47)/t23-,24+,25-,26?,27-,29+,30+,41-/m1/s1. The number of ether oxygens (including phenoxy) is 7. The second kappa shape index (κ2) is 17.7. The van der Waals surface area contributed by atoms with E-state index < -0.39 is 53.9 Å². The molecule has 2 aromatic rings. The predicted molar refractivity (Wildman–Crippen MR) is 207 cm³/mol. The zero-order chi connectivity index (χ0) is 40.3. The van der Waals surface area contributed by atoms with E-state index >= 15 is 0 Å². The number of allylic oxidation sites excluding steroid dienone is 1. The van der Waals surface area contributed by atoms with Crippen LogP contribution in [0.25, 0.3) is 10.9 Å². The fourth-order valence-electron chi connectivity index (χ4n) is 8.59. The number of nitrogens with zero attached hydrogens (tertiary/aromatic N) is 2. The second-order valence-corrected chi connectivity index (χ2v) is 16.0. The summed E-state index contributed by atoms with van der Waals surface area (Å²) in [6, 6.07) is 3.13. The Morgan fingerprint density at radius 2 is 1.81 bits per heavy atom. The lowest BCUT2D eigenvalue weighted by Gasteiger charge is -2.29. The smallest absolute Gasteiger partial charge is 0.408 e. The van der Waals surface area contributed by atoms with Gasteiger partial charge < -0.3 is 48.7 Å². The first kappa shape index (κ1) is 40.8. The minimum atomic E-state index is -1.24. The first-order valence-corrected chi connectivity index (χ1v) is 20.4. The number of carbonyl (C=O) groups is 4. The van der Waals surface area contributed by atoms with Crippen molar-refractivity contribution >= 4 is 46.4 Å². The maximum atomic E-state index is 14.6. The quantitative estimate of drug-likeness (QED) is 0.165. The summed E-state index contributed by atoms with van der Waals surface area (Å²) in [6.07, 6.45) is 8.75. The minimum Gasteiger partial charge on any atom is -0.488 e. The molecule has 2 N–H and O–H groups in total. The SMILES string of the molecule is CCOc1cc(O[C@@H]2C[C@H]3C(=O)N[C@]4(C(=O)OC)C[C@H]4C=CCCCCC[C@H](NC(=O)OC4C[C@@H]5C[C@@H]5C4)C(=O)N3C2)c2ccc(OCC(OC)OC)c(Cl)c2n1. The number of alkyl carbamates (subject to hydrolysis) is 1. The molecular weight excluding hydrogens is 760 g/mol. The summed E-state index contributed by atoms with van der Waals surface area (Å²) in [5, 5.41) is 6.60. The van der Waals surface area contributed by atoms with Gasteiger partial charge >= 0.3 is 12.1 Å². The van der Waals surface area contributed by atoms with Gasteiger partial charge in [-0.25, -0.2) is 14.6 Å². The molecule has 57 heavy (non-hydrogen) atoms. The number of hydrogen-bond donors (Lipinski definition) is 2. The molecule has 2 aliphatic heterocycles. The highest BCUT2D eigenvalue weighted by molar-refractivity contribution is 6.36. The number of rotatable bonds is 12. The van der Waals surface area contributed by atoms with E-state index in [1.165, 1.54) is 32.7 Å². The monoisotopic (exact) mass is 812 g/mol. The summed E-state index contributed by atoms with van der Waals surface area (Å²) in [5.41, 5.74) is -0.880. The summed E-state index contributed by atoms with van der Waals surface area (Å²) in [6.45, 7) is 2.24. The minimum absolute atomic E-state index is 0.0167. The Bertz CT molecular complexity index is 1850. The maximum Gasteiger partial charge on any atom is 0.408 e. The van der Waals surface area contributed by atoms with Crippen LogP contribution in [0.3, 0.4) is 0 Å². The number of halogens is 1. The molecule has 3 aliphatic carbocycles. The fourth-order valence-corrected chi connectivity index (χ4v) is 8.85. The van der Waals surface area contributed by atoms with Gasteiger partial charge in [-0.05, 0) is 75.8 Å². The van der Waals surface area contributed by atoms with Gasteiger partial charge in [-0.2, -0.15) is 0 Å². The molecule has 7 rings (SSSR count). The van der Waals surface area contributed by atoms with Gasteiger partial charge in [-0.15, -0.1) is 0 Å². The zero-order valence-electron chi connectivity index (χ0n) is 33.0. The summed E-state index contributed by atoms with van der Waals surface area (Å²) < 4.78 is 39.8. The lowest BCUT2D eigenvalue weighted by molar-refractivity contribution is -0.148. The third-order valence-electron chi connectivity index (χ3n) is 11.9. The summed E-state index contributed by atoms with van der Waals surface area (Å²) >= 11 is 6.85. The molecule has 1 saturated heterocycles. The Labute approximate surface area is 337 Å². The van der Waals surface area contributed by atoms with Crippen LogP contribution in [-0.4, -0.2) is 111 Å². The van der Waals surface area contributed by atoms with Gasteiger partial charge in [0.1, 0.15) is 58.5 Å². The topological polar surface area (TPSA) is 173 Å². The molecule has 0 spiro atoms. The summed E-state index contributed by atoms with van der Waals surface area (Å²) in [7, 11) is 4.31. The molecule has 1 aromatic heterocycles. The number of hydrogen-bond acceptors (Lipinski definition) is 12. The van der Waals surface area contributed by atoms with E-state index in [0.29, 0.717) is 60.1 Å². The van der Waals surface area contributed by atoms with Crippen LogP contribution < -0.4 is 24.8 Å². The van der Waals surface area contributed by atoms with Gasteiger partial charge in [-0.1, -0.05) is 36.6 Å². The Balaban J connectivity index is 1.17. The van der Waals surface area contributed by atoms with Crippen LogP contribution in [0, 0.1) is 17.8 Å². The number of esters is 1. The van der Waals surface area contributed by atoms with Gasteiger partial charge in [0.25, 0.3) is 0 Å². The number of aromatic nitrogens is 1. The van der Waals surface area contributed by atoms with E-state index in [0.717, 1.165) is 32.1 Å². The van der Waals surface area contributed by atoms with Crippen LogP contribution in [0.5, 0.6) is 17.4 Å². The van der Waals surface area contributed by atoms with Gasteiger partial charge in [0.15, 0.2) is 6.29 Å². The fraction of sp³-hybridized carbons (Fsp3) is 0.634. The average Bonchev–Trinajstić information content (AvgIpc) is 4.00. The normalized spacial score (nSPS) is 29.6. The zero-order valence-corrected chi connectivity index (χ0v) is 33.7. The molecular formula is C41H53ClN4O11. The lowest BCUT2D eigenvalue weighted by Crippen LogP contribution is -2.56. The van der Waals surface area contributed by atoms with Crippen molar-refractivity contribution in [3.8, 4) is 17.4 Å². The third kappa shape index (κ3) is 9.05. The first-order valence-electron chi connectivity index (χ1n) is 20.0. The Kier molecular flexibility index (Phi) is 12.6. The second-order valence-electron chi connectivity index (χ2n) is 15.6. The molecule has 310 valence electrons. The maximum absolute atomic E-state index is 14.6. The first-order chi connectivity index (χ1) is 27.6. The molecule has 4 fully saturated rings. The number of amides is 3. The number of methoxy groups -OCH3 is 3. The van der Waals surface area contributed by atoms with Crippen molar-refractivity contribution in [2.45, 2.75) is 107 Å². The number of benzene rings is 1. The van der Waals surface area contributed by atoms with Crippen molar-refractivity contribution < 1.29 is 52.3 Å². The van der Waals surface area contributed by atoms with Crippen LogP contribution in [0.4, 0.5) is 4.79 Å². The highest BCUT2D eigenvalue weighted by atomic mass is 35.5. The molecule has 1 aromatic carbocycles. The van der Waals surface area contributed by atoms with Gasteiger partial charge in [0.2, 0.25) is 17.7 Å². The van der Waals surface area contributed by atoms with E-state index in [1.54, 1.807) is 18.2 Å². The lowest BCUT2D eigenvalue weighted by atomic mass is 10.0. The van der Waals surface area contributed by atoms with Crippen molar-refractivity contribution in [1.29, 1.82) is 0 Å². The van der Waals surface area contributed by atoms with E-state index in [-0.39, 0.29) is 42.5 Å². The van der Waals surface area contributed by atoms with Crippen molar-refractivity contribution in [2.24, 2.45) is 17.8 Å². The Morgan fingerprint density at radius 1 is 1.02 bits per heavy atom. The van der Waals surface area contributed by atoms with E-state index in [1.807, 2.05) is 19.1 Å². The predicted octanol–water partition coefficient (Wildman–Crippen LogP) is 5.09. The summed E-state index contributed by atoms with van der Waals surface area (Å²) in [4.78, 5) is 61.5. The Morgan fingerprint density at radius 3 is 2.54 bits per heavy atom. The molecule has 3 saturated carbocycles. The summed E-state index contributed by atoms with van der Waals surface area (Å²) in [5.74, 6) is 0.488. The third-order valence-corrected chi connectivity index (χ3v) is 12.2. The van der Waals surface area contributed by atoms with Crippen LogP contribution in [-0.2, 0) is 33.3 Å². The molecule has 15 nitrogen and oxygen atoms in total. The molecule has 0 radical (unpaired) electrons. The molecule has 0 bridgehead atoms. The molecule has 5 aliphatic rings. The van der Waals surface area contributed by atoms with Crippen LogP contribution in [0.1, 0.15) is 71.1 Å². The van der Waals surface area contributed by atoms with Gasteiger partial charge in [-0.3, -0.25) is 9.59 Å². The Hall–Kier alpha value is -4.34. The highest BCUT2D eigenvalue weighted by Gasteiger charge is 2.62. The number of nitrogens with one attached hydrogen (secondary N) is 2. The van der Waals surface area contributed by atoms with Crippen LogP contribution in [0.2, 0.25) is 5.02 Å². The van der Waals surface area contributed by atoms with Crippen LogP contribution >= 0.6 is 11.6 Å². The van der Waals surface area contributed by atoms with E-state index in [9.17, 15) is 19.2 Å². The molecule has 16 heteroatoms. The average molecular weight is 813 g/mol. The van der Waals surface area contributed by atoms with Crippen molar-refractivity contribution in [3.63, 3.8) is 0 Å². The van der Waals surface area contributed by atoms with E-state index in [4.69, 9.17) is 44.8 Å². The number of fused-ring (bicyclic) bond motifs is 4.